The number of hydrogen-bond acceptors (Lipinski definition) is 2. The maximum atomic E-state index is 6.57. The maximum absolute atomic E-state index is 6.57. The summed E-state index contributed by atoms with van der Waals surface area (Å²) < 4.78 is 13.1. The third-order valence-corrected chi connectivity index (χ3v) is 10.1. The van der Waals surface area contributed by atoms with E-state index in [4.69, 9.17) is 9.31 Å². The maximum Gasteiger partial charge on any atom is 0.468 e. The van der Waals surface area contributed by atoms with Crippen molar-refractivity contribution in [2.45, 2.75) is 70.3 Å². The minimum absolute atomic E-state index is 0.210. The van der Waals surface area contributed by atoms with Crippen molar-refractivity contribution in [3.63, 3.8) is 0 Å². The molecule has 0 N–H and O–H groups in total. The highest BCUT2D eigenvalue weighted by atomic mass is 28.3. The van der Waals surface area contributed by atoms with Gasteiger partial charge in [0.1, 0.15) is 0 Å². The van der Waals surface area contributed by atoms with Crippen LogP contribution < -0.4 is 5.19 Å². The molecule has 2 nitrogen and oxygen atoms in total. The minimum atomic E-state index is -1.72. The van der Waals surface area contributed by atoms with Crippen molar-refractivity contribution in [1.29, 1.82) is 0 Å². The van der Waals surface area contributed by atoms with Gasteiger partial charge >= 0.3 is 7.12 Å². The normalized spacial score (nSPS) is 21.1. The van der Waals surface area contributed by atoms with Crippen molar-refractivity contribution in [2.75, 3.05) is 0 Å². The third kappa shape index (κ3) is 3.80. The van der Waals surface area contributed by atoms with E-state index in [1.165, 1.54) is 10.8 Å². The first-order valence-corrected chi connectivity index (χ1v) is 13.2. The van der Waals surface area contributed by atoms with Crippen LogP contribution in [0.3, 0.4) is 0 Å². The van der Waals surface area contributed by atoms with Gasteiger partial charge in [-0.3, -0.25) is 0 Å². The molecule has 2 aromatic rings. The molecule has 0 saturated carbocycles. The topological polar surface area (TPSA) is 18.5 Å². The standard InChI is InChI=1S/C23H33BO2Si/c1-21(2)22(3,4)26-24(25-21)23(5,19-14-10-8-11-15-19)18-27(6,7)20-16-12-9-13-17-20/h8-17H,18H2,1-7H3. The van der Waals surface area contributed by atoms with Crippen molar-refractivity contribution in [3.05, 3.63) is 66.2 Å². The molecule has 1 unspecified atom stereocenters. The van der Waals surface area contributed by atoms with Crippen LogP contribution in [0.4, 0.5) is 0 Å². The first-order valence-electron chi connectivity index (χ1n) is 9.95. The third-order valence-electron chi connectivity index (χ3n) is 6.57. The van der Waals surface area contributed by atoms with Crippen LogP contribution in [0, 0.1) is 0 Å². The summed E-state index contributed by atoms with van der Waals surface area (Å²) >= 11 is 0. The molecule has 1 fully saturated rings. The van der Waals surface area contributed by atoms with Gasteiger partial charge in [-0.25, -0.2) is 0 Å². The van der Waals surface area contributed by atoms with Crippen molar-refractivity contribution >= 4 is 20.4 Å². The molecule has 2 aromatic carbocycles. The predicted molar refractivity (Wildman–Crippen MR) is 118 cm³/mol. The zero-order chi connectivity index (χ0) is 19.9. The molecule has 0 radical (unpaired) electrons. The second-order valence-electron chi connectivity index (χ2n) is 9.80. The van der Waals surface area contributed by atoms with E-state index in [1.54, 1.807) is 0 Å². The average molecular weight is 380 g/mol. The van der Waals surface area contributed by atoms with Crippen LogP contribution >= 0.6 is 0 Å². The van der Waals surface area contributed by atoms with E-state index >= 15 is 0 Å². The Morgan fingerprint density at radius 3 is 1.74 bits per heavy atom. The Morgan fingerprint density at radius 1 is 0.815 bits per heavy atom. The van der Waals surface area contributed by atoms with Crippen molar-refractivity contribution in [3.8, 4) is 0 Å². The smallest absolute Gasteiger partial charge is 0.403 e. The van der Waals surface area contributed by atoms with Crippen LogP contribution in [0.15, 0.2) is 60.7 Å². The Labute approximate surface area is 166 Å². The summed E-state index contributed by atoms with van der Waals surface area (Å²) in [6.07, 6.45) is 0. The van der Waals surface area contributed by atoms with Gasteiger partial charge in [0, 0.05) is 5.31 Å². The molecule has 1 heterocycles. The van der Waals surface area contributed by atoms with Gasteiger partial charge in [0.15, 0.2) is 0 Å². The molecule has 4 heteroatoms. The lowest BCUT2D eigenvalue weighted by molar-refractivity contribution is 0.00578. The highest BCUT2D eigenvalue weighted by molar-refractivity contribution is 6.90. The summed E-state index contributed by atoms with van der Waals surface area (Å²) in [5.41, 5.74) is 0.637. The summed E-state index contributed by atoms with van der Waals surface area (Å²) in [7, 11) is -1.98. The van der Waals surface area contributed by atoms with E-state index in [9.17, 15) is 0 Å². The fourth-order valence-electron chi connectivity index (χ4n) is 4.15. The van der Waals surface area contributed by atoms with Crippen LogP contribution in [0.5, 0.6) is 0 Å². The lowest BCUT2D eigenvalue weighted by Crippen LogP contribution is -2.53. The van der Waals surface area contributed by atoms with E-state index in [0.717, 1.165) is 6.04 Å². The zero-order valence-corrected chi connectivity index (χ0v) is 18.9. The predicted octanol–water partition coefficient (Wildman–Crippen LogP) is 5.19. The Kier molecular flexibility index (Phi) is 5.22. The van der Waals surface area contributed by atoms with Crippen LogP contribution in [0.25, 0.3) is 0 Å². The lowest BCUT2D eigenvalue weighted by Gasteiger charge is -2.38. The molecule has 0 spiro atoms. The molecular weight excluding hydrogens is 347 g/mol. The van der Waals surface area contributed by atoms with Crippen molar-refractivity contribution in [1.82, 2.24) is 0 Å². The number of rotatable bonds is 5. The Bertz CT molecular complexity index is 757. The van der Waals surface area contributed by atoms with E-state index < -0.39 is 8.07 Å². The first-order chi connectivity index (χ1) is 12.5. The fraction of sp³-hybridized carbons (Fsp3) is 0.478. The molecule has 0 bridgehead atoms. The molecule has 1 saturated heterocycles. The summed E-state index contributed by atoms with van der Waals surface area (Å²) in [6, 6.07) is 22.8. The quantitative estimate of drug-likeness (QED) is 0.665. The van der Waals surface area contributed by atoms with Crippen LogP contribution in [-0.4, -0.2) is 26.4 Å². The van der Waals surface area contributed by atoms with E-state index in [2.05, 4.69) is 108 Å². The van der Waals surface area contributed by atoms with Crippen LogP contribution in [-0.2, 0) is 14.6 Å². The van der Waals surface area contributed by atoms with Gasteiger partial charge in [0.25, 0.3) is 0 Å². The average Bonchev–Trinajstić information content (AvgIpc) is 2.84. The summed E-state index contributed by atoms with van der Waals surface area (Å²) in [4.78, 5) is 0. The molecule has 0 amide bonds. The van der Waals surface area contributed by atoms with Crippen molar-refractivity contribution < 1.29 is 9.31 Å². The van der Waals surface area contributed by atoms with Gasteiger partial charge < -0.3 is 9.31 Å². The van der Waals surface area contributed by atoms with E-state index in [1.807, 2.05) is 0 Å². The molecule has 1 aliphatic heterocycles. The SMILES string of the molecule is CC(C[Si](C)(C)c1ccccc1)(B1OC(C)(C)C(C)(C)O1)c1ccccc1. The number of hydrogen-bond donors (Lipinski definition) is 0. The van der Waals surface area contributed by atoms with Crippen molar-refractivity contribution in [2.24, 2.45) is 0 Å². The van der Waals surface area contributed by atoms with Gasteiger partial charge in [-0.15, -0.1) is 0 Å². The molecule has 0 aromatic heterocycles. The van der Waals surface area contributed by atoms with Gasteiger partial charge in [-0.05, 0) is 39.3 Å². The molecule has 0 aliphatic carbocycles. The lowest BCUT2D eigenvalue weighted by atomic mass is 9.56. The first kappa shape index (κ1) is 20.4. The molecule has 3 rings (SSSR count). The fourth-order valence-corrected chi connectivity index (χ4v) is 7.66. The minimum Gasteiger partial charge on any atom is -0.403 e. The monoisotopic (exact) mass is 380 g/mol. The molecule has 1 aliphatic rings. The summed E-state index contributed by atoms with van der Waals surface area (Å²) in [5, 5.41) is 1.27. The van der Waals surface area contributed by atoms with Crippen LogP contribution in [0.2, 0.25) is 19.1 Å². The van der Waals surface area contributed by atoms with E-state index in [0.29, 0.717) is 0 Å². The van der Waals surface area contributed by atoms with Crippen LogP contribution in [0.1, 0.15) is 40.2 Å². The second kappa shape index (κ2) is 6.91. The van der Waals surface area contributed by atoms with Gasteiger partial charge in [-0.2, -0.15) is 0 Å². The highest BCUT2D eigenvalue weighted by Gasteiger charge is 2.59. The van der Waals surface area contributed by atoms with E-state index in [-0.39, 0.29) is 23.6 Å². The Hall–Kier alpha value is -1.36. The Morgan fingerprint density at radius 2 is 1.26 bits per heavy atom. The summed E-state index contributed by atoms with van der Waals surface area (Å²) in [5.74, 6) is 0. The highest BCUT2D eigenvalue weighted by Crippen LogP contribution is 2.46. The molecule has 27 heavy (non-hydrogen) atoms. The largest absolute Gasteiger partial charge is 0.468 e. The van der Waals surface area contributed by atoms with Gasteiger partial charge in [-0.1, -0.05) is 85.9 Å². The molecule has 1 atom stereocenters. The summed E-state index contributed by atoms with van der Waals surface area (Å²) in [6.45, 7) is 15.8. The second-order valence-corrected chi connectivity index (χ2v) is 14.5. The molecular formula is C23H33BO2Si. The van der Waals surface area contributed by atoms with Gasteiger partial charge in [0.2, 0.25) is 0 Å². The number of benzene rings is 2. The molecule has 144 valence electrons. The zero-order valence-electron chi connectivity index (χ0n) is 17.9. The Balaban J connectivity index is 2.02. The van der Waals surface area contributed by atoms with Gasteiger partial charge in [0.05, 0.1) is 19.3 Å².